The largest absolute Gasteiger partial charge is 0.466 e. The number of anilines is 1. The standard InChI is InChI=1S/C18H21N3O2.ClH/c1-2-23-18(22)15-8-12-21(17-5-3-4-9-20-17)16(13-15)14-6-10-19-11-7-14;/h3-7,9-11,15-16H,2,8,12-13H2,1H3;1H. The van der Waals surface area contributed by atoms with Crippen LogP contribution >= 0.6 is 12.4 Å². The maximum absolute atomic E-state index is 12.1. The van der Waals surface area contributed by atoms with Crippen molar-refractivity contribution in [3.8, 4) is 0 Å². The van der Waals surface area contributed by atoms with E-state index in [1.54, 1.807) is 18.6 Å². The Balaban J connectivity index is 0.00000208. The van der Waals surface area contributed by atoms with Gasteiger partial charge in [0, 0.05) is 25.1 Å². The molecule has 2 aromatic heterocycles. The summed E-state index contributed by atoms with van der Waals surface area (Å²) < 4.78 is 5.22. The Morgan fingerprint density at radius 3 is 2.71 bits per heavy atom. The second kappa shape index (κ2) is 8.64. The molecule has 0 spiro atoms. The lowest BCUT2D eigenvalue weighted by atomic mass is 9.87. The third-order valence-electron chi connectivity index (χ3n) is 4.26. The summed E-state index contributed by atoms with van der Waals surface area (Å²) in [5.74, 6) is 0.789. The number of nitrogens with zero attached hydrogens (tertiary/aromatic N) is 3. The minimum atomic E-state index is -0.0905. The van der Waals surface area contributed by atoms with Crippen molar-refractivity contribution in [2.75, 3.05) is 18.1 Å². The number of aromatic nitrogens is 2. The van der Waals surface area contributed by atoms with Crippen LogP contribution in [0.15, 0.2) is 48.9 Å². The number of carbonyl (C=O) groups excluding carboxylic acids is 1. The molecule has 0 aromatic carbocycles. The van der Waals surface area contributed by atoms with Gasteiger partial charge in [0.1, 0.15) is 5.82 Å². The number of hydrogen-bond donors (Lipinski definition) is 0. The summed E-state index contributed by atoms with van der Waals surface area (Å²) in [4.78, 5) is 23.0. The number of carbonyl (C=O) groups is 1. The molecule has 5 nitrogen and oxygen atoms in total. The van der Waals surface area contributed by atoms with Gasteiger partial charge in [0.25, 0.3) is 0 Å². The molecule has 0 N–H and O–H groups in total. The van der Waals surface area contributed by atoms with Gasteiger partial charge < -0.3 is 9.64 Å². The van der Waals surface area contributed by atoms with Crippen LogP contribution in [-0.4, -0.2) is 29.1 Å². The van der Waals surface area contributed by atoms with Gasteiger partial charge in [0.2, 0.25) is 0 Å². The van der Waals surface area contributed by atoms with Crippen LogP contribution in [0.25, 0.3) is 0 Å². The highest BCUT2D eigenvalue weighted by atomic mass is 35.5. The van der Waals surface area contributed by atoms with E-state index >= 15 is 0 Å². The van der Waals surface area contributed by atoms with E-state index in [4.69, 9.17) is 4.74 Å². The van der Waals surface area contributed by atoms with Crippen molar-refractivity contribution in [3.05, 3.63) is 54.5 Å². The van der Waals surface area contributed by atoms with E-state index in [2.05, 4.69) is 14.9 Å². The second-order valence-corrected chi connectivity index (χ2v) is 5.65. The average molecular weight is 348 g/mol. The molecule has 0 radical (unpaired) electrons. The van der Waals surface area contributed by atoms with Gasteiger partial charge in [-0.1, -0.05) is 6.07 Å². The number of piperidine rings is 1. The maximum atomic E-state index is 12.1. The molecule has 1 saturated heterocycles. The van der Waals surface area contributed by atoms with Crippen LogP contribution in [-0.2, 0) is 9.53 Å². The van der Waals surface area contributed by atoms with Gasteiger partial charge in [-0.3, -0.25) is 9.78 Å². The molecule has 0 amide bonds. The zero-order chi connectivity index (χ0) is 16.1. The van der Waals surface area contributed by atoms with Crippen LogP contribution in [0.3, 0.4) is 0 Å². The van der Waals surface area contributed by atoms with Crippen LogP contribution in [0.4, 0.5) is 5.82 Å². The molecule has 3 rings (SSSR count). The Hall–Kier alpha value is -2.14. The lowest BCUT2D eigenvalue weighted by molar-refractivity contribution is -0.149. The Morgan fingerprint density at radius 1 is 1.25 bits per heavy atom. The number of pyridine rings is 2. The Labute approximate surface area is 148 Å². The van der Waals surface area contributed by atoms with E-state index < -0.39 is 0 Å². The van der Waals surface area contributed by atoms with Crippen molar-refractivity contribution >= 4 is 24.2 Å². The third kappa shape index (κ3) is 4.03. The first-order valence-corrected chi connectivity index (χ1v) is 8.04. The van der Waals surface area contributed by atoms with Crippen molar-refractivity contribution in [3.63, 3.8) is 0 Å². The van der Waals surface area contributed by atoms with Crippen molar-refractivity contribution in [2.24, 2.45) is 5.92 Å². The molecule has 1 aliphatic rings. The number of esters is 1. The summed E-state index contributed by atoms with van der Waals surface area (Å²) in [6.45, 7) is 3.06. The highest BCUT2D eigenvalue weighted by Crippen LogP contribution is 2.37. The van der Waals surface area contributed by atoms with Crippen LogP contribution in [0, 0.1) is 5.92 Å². The molecule has 1 aliphatic heterocycles. The predicted molar refractivity (Wildman–Crippen MR) is 95.2 cm³/mol. The molecule has 3 heterocycles. The topological polar surface area (TPSA) is 55.3 Å². The quantitative estimate of drug-likeness (QED) is 0.793. The molecule has 2 aromatic rings. The fourth-order valence-electron chi connectivity index (χ4n) is 3.14. The van der Waals surface area contributed by atoms with Crippen LogP contribution in [0.1, 0.15) is 31.4 Å². The Morgan fingerprint density at radius 2 is 2.04 bits per heavy atom. The third-order valence-corrected chi connectivity index (χ3v) is 4.26. The fourth-order valence-corrected chi connectivity index (χ4v) is 3.14. The first-order valence-electron chi connectivity index (χ1n) is 8.04. The molecular weight excluding hydrogens is 326 g/mol. The number of ether oxygens (including phenoxy) is 1. The van der Waals surface area contributed by atoms with Crippen molar-refractivity contribution in [1.29, 1.82) is 0 Å². The van der Waals surface area contributed by atoms with Gasteiger partial charge in [-0.2, -0.15) is 0 Å². The summed E-state index contributed by atoms with van der Waals surface area (Å²) in [7, 11) is 0. The van der Waals surface area contributed by atoms with Gasteiger partial charge in [0.15, 0.2) is 0 Å². The molecule has 0 aliphatic carbocycles. The van der Waals surface area contributed by atoms with E-state index in [1.807, 2.05) is 37.3 Å². The van der Waals surface area contributed by atoms with E-state index in [0.29, 0.717) is 6.61 Å². The summed E-state index contributed by atoms with van der Waals surface area (Å²) >= 11 is 0. The van der Waals surface area contributed by atoms with E-state index in [-0.39, 0.29) is 30.3 Å². The van der Waals surface area contributed by atoms with Crippen LogP contribution in [0.2, 0.25) is 0 Å². The summed E-state index contributed by atoms with van der Waals surface area (Å²) in [5, 5.41) is 0. The normalized spacial score (nSPS) is 20.1. The molecule has 2 unspecified atom stereocenters. The number of hydrogen-bond acceptors (Lipinski definition) is 5. The fraction of sp³-hybridized carbons (Fsp3) is 0.389. The Kier molecular flexibility index (Phi) is 6.55. The van der Waals surface area contributed by atoms with Crippen LogP contribution < -0.4 is 4.90 Å². The van der Waals surface area contributed by atoms with Gasteiger partial charge in [-0.25, -0.2) is 4.98 Å². The van der Waals surface area contributed by atoms with E-state index in [1.165, 1.54) is 0 Å². The molecule has 0 bridgehead atoms. The molecule has 2 atom stereocenters. The van der Waals surface area contributed by atoms with Gasteiger partial charge in [0.05, 0.1) is 18.6 Å². The maximum Gasteiger partial charge on any atom is 0.309 e. The smallest absolute Gasteiger partial charge is 0.309 e. The lowest BCUT2D eigenvalue weighted by Gasteiger charge is -2.39. The van der Waals surface area contributed by atoms with Gasteiger partial charge in [-0.05, 0) is 49.6 Å². The Bertz CT molecular complexity index is 639. The molecule has 0 saturated carbocycles. The summed E-state index contributed by atoms with van der Waals surface area (Å²) in [6, 6.07) is 10.0. The number of rotatable bonds is 4. The van der Waals surface area contributed by atoms with Crippen LogP contribution in [0.5, 0.6) is 0 Å². The second-order valence-electron chi connectivity index (χ2n) is 5.65. The summed E-state index contributed by atoms with van der Waals surface area (Å²) in [5.41, 5.74) is 1.15. The highest BCUT2D eigenvalue weighted by Gasteiger charge is 2.34. The van der Waals surface area contributed by atoms with Crippen molar-refractivity contribution in [1.82, 2.24) is 9.97 Å². The minimum absolute atomic E-state index is 0. The van der Waals surface area contributed by atoms with Crippen molar-refractivity contribution in [2.45, 2.75) is 25.8 Å². The van der Waals surface area contributed by atoms with Gasteiger partial charge in [-0.15, -0.1) is 12.4 Å². The van der Waals surface area contributed by atoms with Gasteiger partial charge >= 0.3 is 5.97 Å². The zero-order valence-electron chi connectivity index (χ0n) is 13.7. The molecule has 6 heteroatoms. The molecular formula is C18H22ClN3O2. The SMILES string of the molecule is CCOC(=O)C1CCN(c2ccccn2)C(c2ccncc2)C1.Cl. The zero-order valence-corrected chi connectivity index (χ0v) is 14.5. The van der Waals surface area contributed by atoms with E-state index in [0.717, 1.165) is 30.8 Å². The lowest BCUT2D eigenvalue weighted by Crippen LogP contribution is -2.40. The molecule has 1 fully saturated rings. The first-order chi connectivity index (χ1) is 11.3. The van der Waals surface area contributed by atoms with E-state index in [9.17, 15) is 4.79 Å². The monoisotopic (exact) mass is 347 g/mol. The number of halogens is 1. The summed E-state index contributed by atoms with van der Waals surface area (Å²) in [6.07, 6.45) is 6.91. The minimum Gasteiger partial charge on any atom is -0.466 e. The molecule has 128 valence electrons. The molecule has 24 heavy (non-hydrogen) atoms. The van der Waals surface area contributed by atoms with Crippen molar-refractivity contribution < 1.29 is 9.53 Å². The highest BCUT2D eigenvalue weighted by molar-refractivity contribution is 5.85. The average Bonchev–Trinajstić information content (AvgIpc) is 2.63. The first kappa shape index (κ1) is 18.2. The predicted octanol–water partition coefficient (Wildman–Crippen LogP) is 3.42.